The lowest BCUT2D eigenvalue weighted by Gasteiger charge is -2.32. The number of hydrogen-bond donors (Lipinski definition) is 1. The summed E-state index contributed by atoms with van der Waals surface area (Å²) in [7, 11) is 1.91. The van der Waals surface area contributed by atoms with E-state index in [2.05, 4.69) is 10.1 Å². The number of piperidine rings is 1. The van der Waals surface area contributed by atoms with Crippen LogP contribution in [0.4, 0.5) is 8.78 Å². The Morgan fingerprint density at radius 3 is 2.59 bits per heavy atom. The second kappa shape index (κ2) is 8.90. The molecule has 1 heterocycles. The lowest BCUT2D eigenvalue weighted by molar-refractivity contribution is -0.0503. The van der Waals surface area contributed by atoms with Crippen LogP contribution in [0.5, 0.6) is 5.75 Å². The molecule has 4 nitrogen and oxygen atoms in total. The summed E-state index contributed by atoms with van der Waals surface area (Å²) in [5.74, 6) is 0.260. The highest BCUT2D eigenvalue weighted by atomic mass is 35.5. The third-order valence-corrected chi connectivity index (χ3v) is 3.73. The number of hydrogen-bond acceptors (Lipinski definition) is 3. The van der Waals surface area contributed by atoms with Crippen molar-refractivity contribution in [1.82, 2.24) is 10.2 Å². The number of amides is 1. The van der Waals surface area contributed by atoms with Gasteiger partial charge >= 0.3 is 6.61 Å². The van der Waals surface area contributed by atoms with Crippen LogP contribution in [-0.2, 0) is 0 Å². The average molecular weight is 335 g/mol. The van der Waals surface area contributed by atoms with Crippen LogP contribution >= 0.6 is 12.4 Å². The zero-order chi connectivity index (χ0) is 15.2. The fourth-order valence-electron chi connectivity index (χ4n) is 2.64. The van der Waals surface area contributed by atoms with Gasteiger partial charge in [0.1, 0.15) is 5.75 Å². The minimum absolute atomic E-state index is 0. The van der Waals surface area contributed by atoms with E-state index >= 15 is 0 Å². The average Bonchev–Trinajstić information content (AvgIpc) is 2.48. The number of carbonyl (C=O) groups is 1. The molecule has 22 heavy (non-hydrogen) atoms. The Labute approximate surface area is 135 Å². The Kier molecular flexibility index (Phi) is 7.55. The summed E-state index contributed by atoms with van der Waals surface area (Å²) in [6, 6.07) is 6.15. The lowest BCUT2D eigenvalue weighted by Crippen LogP contribution is -2.40. The topological polar surface area (TPSA) is 41.6 Å². The molecule has 1 aliphatic heterocycles. The van der Waals surface area contributed by atoms with Crippen LogP contribution in [0.15, 0.2) is 24.3 Å². The zero-order valence-electron chi connectivity index (χ0n) is 12.4. The Morgan fingerprint density at radius 2 is 2.00 bits per heavy atom. The number of alkyl halides is 2. The summed E-state index contributed by atoms with van der Waals surface area (Å²) in [5.41, 5.74) is 0.199. The standard InChI is InChI=1S/C15H20F2N2O2.ClH/c1-18-10-11-6-8-19(9-7-11)14(20)12-4-2-3-5-13(12)21-15(16)17;/h2-5,11,15,18H,6-10H2,1H3;1H. The van der Waals surface area contributed by atoms with Gasteiger partial charge in [-0.25, -0.2) is 0 Å². The van der Waals surface area contributed by atoms with E-state index in [4.69, 9.17) is 0 Å². The summed E-state index contributed by atoms with van der Waals surface area (Å²) >= 11 is 0. The fraction of sp³-hybridized carbons (Fsp3) is 0.533. The molecule has 2 rings (SSSR count). The van der Waals surface area contributed by atoms with Gasteiger partial charge in [0, 0.05) is 13.1 Å². The zero-order valence-corrected chi connectivity index (χ0v) is 13.2. The van der Waals surface area contributed by atoms with Gasteiger partial charge in [-0.2, -0.15) is 8.78 Å². The second-order valence-corrected chi connectivity index (χ2v) is 5.17. The van der Waals surface area contributed by atoms with Gasteiger partial charge in [0.25, 0.3) is 5.91 Å². The van der Waals surface area contributed by atoms with E-state index in [1.807, 2.05) is 7.05 Å². The summed E-state index contributed by atoms with van der Waals surface area (Å²) in [6.07, 6.45) is 1.84. The molecule has 0 bridgehead atoms. The van der Waals surface area contributed by atoms with Gasteiger partial charge < -0.3 is 15.0 Å². The van der Waals surface area contributed by atoms with Crippen molar-refractivity contribution in [3.05, 3.63) is 29.8 Å². The van der Waals surface area contributed by atoms with Gasteiger partial charge in [0.15, 0.2) is 0 Å². The van der Waals surface area contributed by atoms with Gasteiger partial charge in [0.2, 0.25) is 0 Å². The van der Waals surface area contributed by atoms with Crippen molar-refractivity contribution in [3.8, 4) is 5.75 Å². The highest BCUT2D eigenvalue weighted by Gasteiger charge is 2.25. The van der Waals surface area contributed by atoms with Crippen LogP contribution in [0.1, 0.15) is 23.2 Å². The SMILES string of the molecule is CNCC1CCN(C(=O)c2ccccc2OC(F)F)CC1.Cl. The van der Waals surface area contributed by atoms with Crippen LogP contribution in [-0.4, -0.2) is 44.1 Å². The Morgan fingerprint density at radius 1 is 1.36 bits per heavy atom. The van der Waals surface area contributed by atoms with E-state index in [1.165, 1.54) is 12.1 Å². The maximum atomic E-state index is 12.5. The van der Waals surface area contributed by atoms with Crippen molar-refractivity contribution in [1.29, 1.82) is 0 Å². The molecular weight excluding hydrogens is 314 g/mol. The van der Waals surface area contributed by atoms with Crippen molar-refractivity contribution in [2.75, 3.05) is 26.7 Å². The lowest BCUT2D eigenvalue weighted by atomic mass is 9.96. The van der Waals surface area contributed by atoms with Crippen molar-refractivity contribution < 1.29 is 18.3 Å². The van der Waals surface area contributed by atoms with Gasteiger partial charge in [0.05, 0.1) is 5.56 Å². The monoisotopic (exact) mass is 334 g/mol. The van der Waals surface area contributed by atoms with Gasteiger partial charge in [-0.1, -0.05) is 12.1 Å². The first-order chi connectivity index (χ1) is 10.1. The number of carbonyl (C=O) groups excluding carboxylic acids is 1. The molecule has 0 unspecified atom stereocenters. The Balaban J connectivity index is 0.00000242. The molecular formula is C15H21ClF2N2O2. The maximum Gasteiger partial charge on any atom is 0.387 e. The number of nitrogens with zero attached hydrogens (tertiary/aromatic N) is 1. The highest BCUT2D eigenvalue weighted by Crippen LogP contribution is 2.24. The van der Waals surface area contributed by atoms with Gasteiger partial charge in [-0.3, -0.25) is 4.79 Å². The third kappa shape index (κ3) is 4.81. The molecule has 0 aliphatic carbocycles. The van der Waals surface area contributed by atoms with Gasteiger partial charge in [-0.05, 0) is 44.5 Å². The predicted octanol–water partition coefficient (Wildman–Crippen LogP) is 2.78. The van der Waals surface area contributed by atoms with Gasteiger partial charge in [-0.15, -0.1) is 12.4 Å². The number of rotatable bonds is 5. The van der Waals surface area contributed by atoms with Crippen molar-refractivity contribution in [2.24, 2.45) is 5.92 Å². The maximum absolute atomic E-state index is 12.5. The molecule has 1 aliphatic rings. The van der Waals surface area contributed by atoms with E-state index in [-0.39, 0.29) is 29.6 Å². The number of nitrogens with one attached hydrogen (secondary N) is 1. The molecule has 0 spiro atoms. The summed E-state index contributed by atoms with van der Waals surface area (Å²) in [5, 5.41) is 3.14. The summed E-state index contributed by atoms with van der Waals surface area (Å²) < 4.78 is 29.2. The van der Waals surface area contributed by atoms with Crippen molar-refractivity contribution >= 4 is 18.3 Å². The third-order valence-electron chi connectivity index (χ3n) is 3.73. The molecule has 1 aromatic rings. The fourth-order valence-corrected chi connectivity index (χ4v) is 2.64. The van der Waals surface area contributed by atoms with Crippen LogP contribution in [0.2, 0.25) is 0 Å². The Hall–Kier alpha value is -1.40. The normalized spacial score (nSPS) is 15.5. The van der Waals surface area contributed by atoms with E-state index in [9.17, 15) is 13.6 Å². The van der Waals surface area contributed by atoms with Crippen molar-refractivity contribution in [2.45, 2.75) is 19.5 Å². The molecule has 1 fully saturated rings. The van der Waals surface area contributed by atoms with E-state index in [0.717, 1.165) is 19.4 Å². The predicted molar refractivity (Wildman–Crippen MR) is 82.9 cm³/mol. The first-order valence-electron chi connectivity index (χ1n) is 7.09. The second-order valence-electron chi connectivity index (χ2n) is 5.17. The van der Waals surface area contributed by atoms with E-state index in [1.54, 1.807) is 17.0 Å². The van der Waals surface area contributed by atoms with Crippen molar-refractivity contribution in [3.63, 3.8) is 0 Å². The largest absolute Gasteiger partial charge is 0.434 e. The van der Waals surface area contributed by atoms with E-state index in [0.29, 0.717) is 19.0 Å². The number of para-hydroxylation sites is 1. The minimum atomic E-state index is -2.93. The molecule has 0 aromatic heterocycles. The smallest absolute Gasteiger partial charge is 0.387 e. The molecule has 7 heteroatoms. The molecule has 0 atom stereocenters. The highest BCUT2D eigenvalue weighted by molar-refractivity contribution is 5.97. The molecule has 1 saturated heterocycles. The Bertz CT molecular complexity index is 480. The number of halogens is 3. The molecule has 1 aromatic carbocycles. The molecule has 1 N–H and O–H groups in total. The van der Waals surface area contributed by atoms with E-state index < -0.39 is 6.61 Å². The quantitative estimate of drug-likeness (QED) is 0.900. The van der Waals surface area contributed by atoms with Crippen LogP contribution < -0.4 is 10.1 Å². The van der Waals surface area contributed by atoms with Crippen LogP contribution in [0.3, 0.4) is 0 Å². The summed E-state index contributed by atoms with van der Waals surface area (Å²) in [4.78, 5) is 14.2. The number of likely N-dealkylation sites (tertiary alicyclic amines) is 1. The molecule has 1 amide bonds. The molecule has 124 valence electrons. The summed E-state index contributed by atoms with van der Waals surface area (Å²) in [6.45, 7) is -0.699. The minimum Gasteiger partial charge on any atom is -0.434 e. The number of ether oxygens (including phenoxy) is 1. The molecule has 0 radical (unpaired) electrons. The first-order valence-corrected chi connectivity index (χ1v) is 7.09. The van der Waals surface area contributed by atoms with Crippen LogP contribution in [0.25, 0.3) is 0 Å². The van der Waals surface area contributed by atoms with Crippen LogP contribution in [0, 0.1) is 5.92 Å². The number of benzene rings is 1. The first kappa shape index (κ1) is 18.6. The molecule has 0 saturated carbocycles.